The summed E-state index contributed by atoms with van der Waals surface area (Å²) in [4.78, 5) is 11.6. The highest BCUT2D eigenvalue weighted by Gasteiger charge is 2.33. The Morgan fingerprint density at radius 2 is 2.26 bits per heavy atom. The van der Waals surface area contributed by atoms with Crippen molar-refractivity contribution in [1.82, 2.24) is 25.3 Å². The largest absolute Gasteiger partial charge is 0.432 e. The molecule has 102 valence electrons. The molecule has 2 aromatic rings. The monoisotopic (exact) mass is 273 g/mol. The summed E-state index contributed by atoms with van der Waals surface area (Å²) in [5, 5.41) is 11.4. The van der Waals surface area contributed by atoms with Gasteiger partial charge in [0.25, 0.3) is 5.91 Å². The second-order valence-electron chi connectivity index (χ2n) is 3.87. The minimum absolute atomic E-state index is 0.168. The number of aromatic amines is 1. The average Bonchev–Trinajstić information content (AvgIpc) is 2.93. The molecular formula is C10H10F3N5O. The average molecular weight is 273 g/mol. The van der Waals surface area contributed by atoms with E-state index in [1.807, 2.05) is 0 Å². The highest BCUT2D eigenvalue weighted by atomic mass is 19.4. The van der Waals surface area contributed by atoms with E-state index in [-0.39, 0.29) is 12.2 Å². The molecule has 9 heteroatoms. The summed E-state index contributed by atoms with van der Waals surface area (Å²) >= 11 is 0. The quantitative estimate of drug-likeness (QED) is 0.879. The number of carbonyl (C=O) groups is 1. The van der Waals surface area contributed by atoms with Crippen LogP contribution in [0.5, 0.6) is 0 Å². The number of amides is 1. The standard InChI is InChI=1S/C10H10F3N5O/c1-18-5-6(4-15-18)3-14-9(19)7-2-8(17-16-7)10(11,12)13/h2,4-5H,3H2,1H3,(H,14,19)(H,16,17). The van der Waals surface area contributed by atoms with Crippen molar-refractivity contribution in [2.75, 3.05) is 0 Å². The molecule has 6 nitrogen and oxygen atoms in total. The fraction of sp³-hybridized carbons (Fsp3) is 0.300. The van der Waals surface area contributed by atoms with Crippen molar-refractivity contribution >= 4 is 5.91 Å². The van der Waals surface area contributed by atoms with Crippen LogP contribution in [0.1, 0.15) is 21.7 Å². The predicted molar refractivity (Wildman–Crippen MR) is 58.0 cm³/mol. The van der Waals surface area contributed by atoms with Gasteiger partial charge in [-0.05, 0) is 0 Å². The summed E-state index contributed by atoms with van der Waals surface area (Å²) in [6.45, 7) is 0.168. The summed E-state index contributed by atoms with van der Waals surface area (Å²) in [5.74, 6) is -0.685. The van der Waals surface area contributed by atoms with E-state index in [1.165, 1.54) is 0 Å². The van der Waals surface area contributed by atoms with Gasteiger partial charge in [0.1, 0.15) is 5.69 Å². The van der Waals surface area contributed by atoms with Crippen molar-refractivity contribution < 1.29 is 18.0 Å². The minimum Gasteiger partial charge on any atom is -0.346 e. The Kier molecular flexibility index (Phi) is 3.28. The third-order valence-electron chi connectivity index (χ3n) is 2.33. The van der Waals surface area contributed by atoms with E-state index in [2.05, 4.69) is 15.5 Å². The molecule has 1 amide bonds. The number of aromatic nitrogens is 4. The lowest BCUT2D eigenvalue weighted by molar-refractivity contribution is -0.141. The van der Waals surface area contributed by atoms with Crippen molar-refractivity contribution in [2.45, 2.75) is 12.7 Å². The first-order valence-electron chi connectivity index (χ1n) is 5.24. The van der Waals surface area contributed by atoms with Crippen LogP contribution in [-0.2, 0) is 19.8 Å². The van der Waals surface area contributed by atoms with Gasteiger partial charge >= 0.3 is 6.18 Å². The molecule has 2 N–H and O–H groups in total. The van der Waals surface area contributed by atoms with E-state index in [1.54, 1.807) is 29.2 Å². The van der Waals surface area contributed by atoms with E-state index in [0.29, 0.717) is 6.07 Å². The highest BCUT2D eigenvalue weighted by molar-refractivity contribution is 5.92. The molecule has 0 radical (unpaired) electrons. The van der Waals surface area contributed by atoms with Gasteiger partial charge in [0.2, 0.25) is 0 Å². The Bertz CT molecular complexity index is 586. The molecule has 2 heterocycles. The van der Waals surface area contributed by atoms with Gasteiger partial charge < -0.3 is 5.32 Å². The molecular weight excluding hydrogens is 263 g/mol. The molecule has 0 saturated carbocycles. The molecule has 19 heavy (non-hydrogen) atoms. The van der Waals surface area contributed by atoms with Crippen molar-refractivity contribution in [1.29, 1.82) is 0 Å². The van der Waals surface area contributed by atoms with Gasteiger partial charge in [-0.15, -0.1) is 0 Å². The first-order valence-corrected chi connectivity index (χ1v) is 5.24. The van der Waals surface area contributed by atoms with Crippen LogP contribution >= 0.6 is 0 Å². The lowest BCUT2D eigenvalue weighted by atomic mass is 10.3. The maximum absolute atomic E-state index is 12.3. The number of rotatable bonds is 3. The number of halogens is 3. The number of alkyl halides is 3. The van der Waals surface area contributed by atoms with E-state index in [0.717, 1.165) is 5.56 Å². The summed E-state index contributed by atoms with van der Waals surface area (Å²) in [6.07, 6.45) is -1.31. The van der Waals surface area contributed by atoms with E-state index in [9.17, 15) is 18.0 Å². The summed E-state index contributed by atoms with van der Waals surface area (Å²) < 4.78 is 38.5. The summed E-state index contributed by atoms with van der Waals surface area (Å²) in [7, 11) is 1.72. The molecule has 0 aliphatic rings. The molecule has 2 aromatic heterocycles. The maximum atomic E-state index is 12.3. The Morgan fingerprint density at radius 3 is 2.79 bits per heavy atom. The van der Waals surface area contributed by atoms with Crippen LogP contribution < -0.4 is 5.32 Å². The van der Waals surface area contributed by atoms with Gasteiger partial charge in [-0.3, -0.25) is 14.6 Å². The zero-order valence-electron chi connectivity index (χ0n) is 9.82. The van der Waals surface area contributed by atoms with Crippen LogP contribution in [0.3, 0.4) is 0 Å². The molecule has 0 atom stereocenters. The Morgan fingerprint density at radius 1 is 1.53 bits per heavy atom. The normalized spacial score (nSPS) is 11.6. The number of H-pyrrole nitrogens is 1. The second kappa shape index (κ2) is 4.75. The second-order valence-corrected chi connectivity index (χ2v) is 3.87. The van der Waals surface area contributed by atoms with Gasteiger partial charge in [-0.25, -0.2) is 0 Å². The minimum atomic E-state index is -4.55. The van der Waals surface area contributed by atoms with Gasteiger partial charge in [-0.2, -0.15) is 23.4 Å². The first-order chi connectivity index (χ1) is 8.86. The van der Waals surface area contributed by atoms with Crippen LogP contribution in [-0.4, -0.2) is 25.9 Å². The fourth-order valence-corrected chi connectivity index (χ4v) is 1.42. The summed E-state index contributed by atoms with van der Waals surface area (Å²) in [6, 6.07) is 0.665. The van der Waals surface area contributed by atoms with Crippen molar-refractivity contribution in [3.63, 3.8) is 0 Å². The lowest BCUT2D eigenvalue weighted by Gasteiger charge is -2.00. The molecule has 0 aliphatic heterocycles. The van der Waals surface area contributed by atoms with Gasteiger partial charge in [0.15, 0.2) is 5.69 Å². The summed E-state index contributed by atoms with van der Waals surface area (Å²) in [5.41, 5.74) is -0.627. The number of nitrogens with one attached hydrogen (secondary N) is 2. The Balaban J connectivity index is 1.98. The predicted octanol–water partition coefficient (Wildman–Crippen LogP) is 1.09. The molecule has 0 saturated heterocycles. The zero-order valence-corrected chi connectivity index (χ0v) is 9.82. The maximum Gasteiger partial charge on any atom is 0.432 e. The fourth-order valence-electron chi connectivity index (χ4n) is 1.42. The van der Waals surface area contributed by atoms with Crippen molar-refractivity contribution in [3.05, 3.63) is 35.4 Å². The smallest absolute Gasteiger partial charge is 0.346 e. The zero-order chi connectivity index (χ0) is 14.0. The highest BCUT2D eigenvalue weighted by Crippen LogP contribution is 2.27. The van der Waals surface area contributed by atoms with Gasteiger partial charge in [0, 0.05) is 31.4 Å². The SMILES string of the molecule is Cn1cc(CNC(=O)c2cc(C(F)(F)F)[nH]n2)cn1. The molecule has 0 aliphatic carbocycles. The molecule has 0 fully saturated rings. The van der Waals surface area contributed by atoms with E-state index in [4.69, 9.17) is 0 Å². The van der Waals surface area contributed by atoms with Crippen LogP contribution in [0.15, 0.2) is 18.5 Å². The molecule has 0 unspecified atom stereocenters. The number of nitrogens with zero attached hydrogens (tertiary/aromatic N) is 3. The number of hydrogen-bond donors (Lipinski definition) is 2. The van der Waals surface area contributed by atoms with Gasteiger partial charge in [-0.1, -0.05) is 0 Å². The molecule has 0 bridgehead atoms. The van der Waals surface area contributed by atoms with Crippen LogP contribution in [0.25, 0.3) is 0 Å². The van der Waals surface area contributed by atoms with Crippen molar-refractivity contribution in [3.8, 4) is 0 Å². The van der Waals surface area contributed by atoms with Crippen LogP contribution in [0.2, 0.25) is 0 Å². The Hall–Kier alpha value is -2.32. The Labute approximate surface area is 105 Å². The third-order valence-corrected chi connectivity index (χ3v) is 2.33. The number of aryl methyl sites for hydroxylation is 1. The van der Waals surface area contributed by atoms with E-state index < -0.39 is 17.8 Å². The topological polar surface area (TPSA) is 75.6 Å². The molecule has 2 rings (SSSR count). The van der Waals surface area contributed by atoms with Crippen molar-refractivity contribution in [2.24, 2.45) is 7.05 Å². The van der Waals surface area contributed by atoms with Gasteiger partial charge in [0.05, 0.1) is 6.20 Å². The lowest BCUT2D eigenvalue weighted by Crippen LogP contribution is -2.23. The first kappa shape index (κ1) is 13.1. The molecule has 0 spiro atoms. The third kappa shape index (κ3) is 3.12. The number of hydrogen-bond acceptors (Lipinski definition) is 3. The number of carbonyl (C=O) groups excluding carboxylic acids is 1. The molecule has 0 aromatic carbocycles. The van der Waals surface area contributed by atoms with Crippen LogP contribution in [0, 0.1) is 0 Å². The van der Waals surface area contributed by atoms with E-state index >= 15 is 0 Å². The van der Waals surface area contributed by atoms with Crippen LogP contribution in [0.4, 0.5) is 13.2 Å².